The molecule has 1 N–H and O–H groups in total. The van der Waals surface area contributed by atoms with Crippen molar-refractivity contribution in [3.05, 3.63) is 83.9 Å². The van der Waals surface area contributed by atoms with Crippen LogP contribution in [-0.4, -0.2) is 26.4 Å². The molecule has 27 heavy (non-hydrogen) atoms. The SMILES string of the molecule is Clc1ccc(OCCNc2ccc(OCCOc3ccccc3)cc2)cc1. The van der Waals surface area contributed by atoms with Crippen molar-refractivity contribution in [2.75, 3.05) is 31.7 Å². The van der Waals surface area contributed by atoms with Crippen molar-refractivity contribution in [1.82, 2.24) is 0 Å². The molecule has 0 fully saturated rings. The standard InChI is InChI=1S/C22H22ClNO3/c23-18-6-10-21(11-7-18)25-15-14-24-19-8-12-22(13-9-19)27-17-16-26-20-4-2-1-3-5-20/h1-13,24H,14-17H2. The van der Waals surface area contributed by atoms with Gasteiger partial charge >= 0.3 is 0 Å². The van der Waals surface area contributed by atoms with Crippen LogP contribution in [0.15, 0.2) is 78.9 Å². The first kappa shape index (κ1) is 18.9. The van der Waals surface area contributed by atoms with Crippen LogP contribution >= 0.6 is 11.6 Å². The van der Waals surface area contributed by atoms with Crippen LogP contribution in [0.5, 0.6) is 17.2 Å². The van der Waals surface area contributed by atoms with Gasteiger partial charge in [0.1, 0.15) is 37.1 Å². The third-order valence-corrected chi connectivity index (χ3v) is 3.98. The second-order valence-corrected chi connectivity index (χ2v) is 6.20. The third-order valence-electron chi connectivity index (χ3n) is 3.73. The van der Waals surface area contributed by atoms with Gasteiger partial charge in [0.05, 0.1) is 0 Å². The molecule has 0 aromatic heterocycles. The largest absolute Gasteiger partial charge is 0.492 e. The Kier molecular flexibility index (Phi) is 7.25. The van der Waals surface area contributed by atoms with E-state index in [2.05, 4.69) is 5.32 Å². The minimum absolute atomic E-state index is 0.497. The zero-order valence-corrected chi connectivity index (χ0v) is 15.7. The molecule has 0 aliphatic heterocycles. The Hall–Kier alpha value is -2.85. The van der Waals surface area contributed by atoms with E-state index in [1.54, 1.807) is 0 Å². The van der Waals surface area contributed by atoms with Crippen molar-refractivity contribution in [3.63, 3.8) is 0 Å². The van der Waals surface area contributed by atoms with Crippen molar-refractivity contribution in [1.29, 1.82) is 0 Å². The molecule has 0 saturated carbocycles. The maximum atomic E-state index is 5.85. The maximum absolute atomic E-state index is 5.85. The summed E-state index contributed by atoms with van der Waals surface area (Å²) in [5.74, 6) is 2.47. The number of benzene rings is 3. The van der Waals surface area contributed by atoms with E-state index in [1.165, 1.54) is 0 Å². The highest BCUT2D eigenvalue weighted by atomic mass is 35.5. The monoisotopic (exact) mass is 383 g/mol. The second kappa shape index (κ2) is 10.3. The van der Waals surface area contributed by atoms with Gasteiger partial charge in [-0.15, -0.1) is 0 Å². The Morgan fingerprint density at radius 3 is 1.74 bits per heavy atom. The first-order valence-electron chi connectivity index (χ1n) is 8.82. The minimum atomic E-state index is 0.497. The van der Waals surface area contributed by atoms with E-state index >= 15 is 0 Å². The van der Waals surface area contributed by atoms with Crippen molar-refractivity contribution in [2.24, 2.45) is 0 Å². The molecule has 3 aromatic carbocycles. The molecular formula is C22H22ClNO3. The Labute approximate surface area is 164 Å². The molecule has 140 valence electrons. The summed E-state index contributed by atoms with van der Waals surface area (Å²) in [6.07, 6.45) is 0. The molecule has 3 rings (SSSR count). The van der Waals surface area contributed by atoms with Gasteiger partial charge in [-0.3, -0.25) is 0 Å². The molecule has 4 nitrogen and oxygen atoms in total. The van der Waals surface area contributed by atoms with Crippen molar-refractivity contribution >= 4 is 17.3 Å². The zero-order chi connectivity index (χ0) is 18.7. The topological polar surface area (TPSA) is 39.7 Å². The average Bonchev–Trinajstić information content (AvgIpc) is 2.72. The van der Waals surface area contributed by atoms with E-state index in [-0.39, 0.29) is 0 Å². The van der Waals surface area contributed by atoms with Crippen LogP contribution in [0.4, 0.5) is 5.69 Å². The number of hydrogen-bond acceptors (Lipinski definition) is 4. The van der Waals surface area contributed by atoms with Gasteiger partial charge in [0, 0.05) is 17.3 Å². The molecule has 5 heteroatoms. The smallest absolute Gasteiger partial charge is 0.122 e. The highest BCUT2D eigenvalue weighted by Gasteiger charge is 1.98. The summed E-state index contributed by atoms with van der Waals surface area (Å²) in [6, 6.07) is 24.9. The molecule has 0 spiro atoms. The molecule has 3 aromatic rings. The summed E-state index contributed by atoms with van der Waals surface area (Å²) in [5, 5.41) is 4.01. The van der Waals surface area contributed by atoms with Gasteiger partial charge < -0.3 is 19.5 Å². The van der Waals surface area contributed by atoms with Crippen LogP contribution in [-0.2, 0) is 0 Å². The Bertz CT molecular complexity index is 792. The quantitative estimate of drug-likeness (QED) is 0.483. The molecule has 0 aliphatic rings. The number of ether oxygens (including phenoxy) is 3. The summed E-state index contributed by atoms with van der Waals surface area (Å²) >= 11 is 5.85. The molecular weight excluding hydrogens is 362 g/mol. The molecule has 0 bridgehead atoms. The normalized spacial score (nSPS) is 10.3. The summed E-state index contributed by atoms with van der Waals surface area (Å²) < 4.78 is 16.9. The number of halogens is 1. The highest BCUT2D eigenvalue weighted by molar-refractivity contribution is 6.30. The fourth-order valence-electron chi connectivity index (χ4n) is 2.40. The van der Waals surface area contributed by atoms with Gasteiger partial charge in [0.15, 0.2) is 0 Å². The maximum Gasteiger partial charge on any atom is 0.122 e. The molecule has 0 saturated heterocycles. The lowest BCUT2D eigenvalue weighted by Crippen LogP contribution is -2.11. The third kappa shape index (κ3) is 6.76. The summed E-state index contributed by atoms with van der Waals surface area (Å²) in [7, 11) is 0. The van der Waals surface area contributed by atoms with Crippen LogP contribution in [0, 0.1) is 0 Å². The van der Waals surface area contributed by atoms with E-state index in [0.717, 1.165) is 22.9 Å². The van der Waals surface area contributed by atoms with E-state index in [4.69, 9.17) is 25.8 Å². The fraction of sp³-hybridized carbons (Fsp3) is 0.182. The van der Waals surface area contributed by atoms with Crippen LogP contribution in [0.2, 0.25) is 5.02 Å². The van der Waals surface area contributed by atoms with Crippen molar-refractivity contribution < 1.29 is 14.2 Å². The number of hydrogen-bond donors (Lipinski definition) is 1. The molecule has 0 aliphatic carbocycles. The van der Waals surface area contributed by atoms with E-state index in [1.807, 2.05) is 78.9 Å². The van der Waals surface area contributed by atoms with Crippen LogP contribution in [0.25, 0.3) is 0 Å². The molecule has 0 unspecified atom stereocenters. The van der Waals surface area contributed by atoms with Gasteiger partial charge in [-0.05, 0) is 60.7 Å². The van der Waals surface area contributed by atoms with E-state index < -0.39 is 0 Å². The summed E-state index contributed by atoms with van der Waals surface area (Å²) in [5.41, 5.74) is 1.02. The fourth-order valence-corrected chi connectivity index (χ4v) is 2.53. The predicted octanol–water partition coefficient (Wildman–Crippen LogP) is 5.29. The van der Waals surface area contributed by atoms with Crippen molar-refractivity contribution in [3.8, 4) is 17.2 Å². The summed E-state index contributed by atoms with van der Waals surface area (Å²) in [4.78, 5) is 0. The van der Waals surface area contributed by atoms with Crippen LogP contribution in [0.3, 0.4) is 0 Å². The number of rotatable bonds is 10. The van der Waals surface area contributed by atoms with Gasteiger partial charge in [0.2, 0.25) is 0 Å². The first-order valence-corrected chi connectivity index (χ1v) is 9.20. The second-order valence-electron chi connectivity index (χ2n) is 5.76. The Morgan fingerprint density at radius 2 is 1.11 bits per heavy atom. The van der Waals surface area contributed by atoms with Crippen LogP contribution in [0.1, 0.15) is 0 Å². The molecule has 0 amide bonds. The Balaban J connectivity index is 1.31. The van der Waals surface area contributed by atoms with E-state index in [0.29, 0.717) is 31.4 Å². The van der Waals surface area contributed by atoms with Gasteiger partial charge in [-0.2, -0.15) is 0 Å². The van der Waals surface area contributed by atoms with Crippen molar-refractivity contribution in [2.45, 2.75) is 0 Å². The minimum Gasteiger partial charge on any atom is -0.492 e. The lowest BCUT2D eigenvalue weighted by Gasteiger charge is -2.10. The first-order chi connectivity index (χ1) is 13.3. The van der Waals surface area contributed by atoms with Gasteiger partial charge in [-0.25, -0.2) is 0 Å². The van der Waals surface area contributed by atoms with Gasteiger partial charge in [0.25, 0.3) is 0 Å². The van der Waals surface area contributed by atoms with Gasteiger partial charge in [-0.1, -0.05) is 29.8 Å². The highest BCUT2D eigenvalue weighted by Crippen LogP contribution is 2.17. The average molecular weight is 384 g/mol. The van der Waals surface area contributed by atoms with E-state index in [9.17, 15) is 0 Å². The number of anilines is 1. The predicted molar refractivity (Wildman–Crippen MR) is 109 cm³/mol. The Morgan fingerprint density at radius 1 is 0.593 bits per heavy atom. The molecule has 0 radical (unpaired) electrons. The zero-order valence-electron chi connectivity index (χ0n) is 14.9. The molecule has 0 atom stereocenters. The lowest BCUT2D eigenvalue weighted by molar-refractivity contribution is 0.217. The lowest BCUT2D eigenvalue weighted by atomic mass is 10.3. The molecule has 0 heterocycles. The summed E-state index contributed by atoms with van der Waals surface area (Å²) in [6.45, 7) is 2.27. The van der Waals surface area contributed by atoms with Crippen LogP contribution < -0.4 is 19.5 Å². The number of nitrogens with one attached hydrogen (secondary N) is 1. The number of para-hydroxylation sites is 1.